The number of halogens is 1. The zero-order chi connectivity index (χ0) is 17.4. The number of likely N-dealkylation sites (N-methyl/N-ethyl adjacent to an activating group) is 1. The minimum Gasteiger partial charge on any atom is -0.336 e. The second kappa shape index (κ2) is 6.25. The Kier molecular flexibility index (Phi) is 3.93. The van der Waals surface area contributed by atoms with E-state index in [0.717, 1.165) is 13.1 Å². The van der Waals surface area contributed by atoms with Crippen molar-refractivity contribution in [3.05, 3.63) is 54.4 Å². The topological polar surface area (TPSA) is 53.7 Å². The molecule has 7 heteroatoms. The summed E-state index contributed by atoms with van der Waals surface area (Å²) in [6.07, 6.45) is 6.76. The highest BCUT2D eigenvalue weighted by Gasteiger charge is 2.21. The fourth-order valence-electron chi connectivity index (χ4n) is 3.01. The van der Waals surface area contributed by atoms with E-state index in [1.165, 1.54) is 6.07 Å². The molecule has 0 N–H and O–H groups in total. The first-order chi connectivity index (χ1) is 12.1. The lowest BCUT2D eigenvalue weighted by Gasteiger charge is -2.32. The molecule has 0 atom stereocenters. The first kappa shape index (κ1) is 15.7. The van der Waals surface area contributed by atoms with Gasteiger partial charge < -0.3 is 14.2 Å². The molecular weight excluding hydrogens is 321 g/mol. The maximum atomic E-state index is 14.6. The van der Waals surface area contributed by atoms with Crippen LogP contribution in [-0.4, -0.2) is 63.3 Å². The summed E-state index contributed by atoms with van der Waals surface area (Å²) >= 11 is 0. The summed E-state index contributed by atoms with van der Waals surface area (Å²) in [4.78, 5) is 24.9. The Morgan fingerprint density at radius 1 is 1.16 bits per heavy atom. The molecule has 1 aliphatic rings. The first-order valence-corrected chi connectivity index (χ1v) is 8.18. The van der Waals surface area contributed by atoms with Crippen LogP contribution in [0.15, 0.2) is 43.0 Å². The van der Waals surface area contributed by atoms with Crippen LogP contribution in [0.2, 0.25) is 0 Å². The molecule has 3 heterocycles. The van der Waals surface area contributed by atoms with Crippen LogP contribution < -0.4 is 0 Å². The molecule has 1 saturated heterocycles. The minimum absolute atomic E-state index is 0.128. The fourth-order valence-corrected chi connectivity index (χ4v) is 3.01. The van der Waals surface area contributed by atoms with Crippen molar-refractivity contribution in [3.63, 3.8) is 0 Å². The maximum absolute atomic E-state index is 14.6. The van der Waals surface area contributed by atoms with Crippen LogP contribution in [0.3, 0.4) is 0 Å². The van der Waals surface area contributed by atoms with Gasteiger partial charge in [-0.2, -0.15) is 0 Å². The summed E-state index contributed by atoms with van der Waals surface area (Å²) in [5.74, 6) is -0.580. The Balaban J connectivity index is 1.61. The van der Waals surface area contributed by atoms with E-state index in [2.05, 4.69) is 14.9 Å². The number of amides is 1. The van der Waals surface area contributed by atoms with E-state index < -0.39 is 5.82 Å². The second-order valence-corrected chi connectivity index (χ2v) is 6.26. The number of carbonyl (C=O) groups is 1. The van der Waals surface area contributed by atoms with E-state index in [1.807, 2.05) is 7.05 Å². The summed E-state index contributed by atoms with van der Waals surface area (Å²) in [5, 5.41) is 0. The molecule has 1 fully saturated rings. The van der Waals surface area contributed by atoms with Gasteiger partial charge in [0.25, 0.3) is 5.91 Å². The Morgan fingerprint density at radius 3 is 2.72 bits per heavy atom. The third-order valence-electron chi connectivity index (χ3n) is 4.56. The van der Waals surface area contributed by atoms with Gasteiger partial charge in [0.15, 0.2) is 5.65 Å². The van der Waals surface area contributed by atoms with Gasteiger partial charge in [0.2, 0.25) is 0 Å². The van der Waals surface area contributed by atoms with Crippen LogP contribution in [0.1, 0.15) is 10.4 Å². The van der Waals surface area contributed by atoms with Crippen molar-refractivity contribution in [2.24, 2.45) is 0 Å². The molecule has 2 aromatic heterocycles. The van der Waals surface area contributed by atoms with Crippen molar-refractivity contribution in [2.45, 2.75) is 0 Å². The lowest BCUT2D eigenvalue weighted by Crippen LogP contribution is -2.47. The van der Waals surface area contributed by atoms with Crippen molar-refractivity contribution in [1.82, 2.24) is 24.2 Å². The third kappa shape index (κ3) is 2.98. The molecule has 1 aliphatic heterocycles. The molecule has 6 nitrogen and oxygen atoms in total. The van der Waals surface area contributed by atoms with Gasteiger partial charge >= 0.3 is 0 Å². The largest absolute Gasteiger partial charge is 0.336 e. The molecule has 0 saturated carbocycles. The van der Waals surface area contributed by atoms with Crippen LogP contribution in [0.25, 0.3) is 16.9 Å². The molecule has 3 aromatic rings. The molecule has 1 amide bonds. The number of aromatic nitrogens is 3. The van der Waals surface area contributed by atoms with Gasteiger partial charge in [0, 0.05) is 55.9 Å². The summed E-state index contributed by atoms with van der Waals surface area (Å²) in [7, 11) is 2.03. The average Bonchev–Trinajstić information content (AvgIpc) is 3.09. The lowest BCUT2D eigenvalue weighted by molar-refractivity contribution is 0.0663. The zero-order valence-corrected chi connectivity index (χ0v) is 13.9. The average molecular weight is 339 g/mol. The van der Waals surface area contributed by atoms with Gasteiger partial charge in [-0.3, -0.25) is 9.78 Å². The summed E-state index contributed by atoms with van der Waals surface area (Å²) < 4.78 is 16.4. The Hall–Kier alpha value is -2.80. The molecule has 4 rings (SSSR count). The number of piperazine rings is 1. The Bertz CT molecular complexity index is 930. The van der Waals surface area contributed by atoms with E-state index in [4.69, 9.17) is 0 Å². The van der Waals surface area contributed by atoms with Crippen LogP contribution >= 0.6 is 0 Å². The van der Waals surface area contributed by atoms with Gasteiger partial charge in [-0.1, -0.05) is 0 Å². The number of hydrogen-bond donors (Lipinski definition) is 0. The Labute approximate surface area is 144 Å². The predicted octanol–water partition coefficient (Wildman–Crippen LogP) is 1.92. The number of rotatable bonds is 2. The number of benzene rings is 1. The molecule has 25 heavy (non-hydrogen) atoms. The Morgan fingerprint density at radius 2 is 1.96 bits per heavy atom. The van der Waals surface area contributed by atoms with Crippen LogP contribution in [0.4, 0.5) is 4.39 Å². The van der Waals surface area contributed by atoms with Crippen LogP contribution in [0, 0.1) is 5.82 Å². The van der Waals surface area contributed by atoms with E-state index in [0.29, 0.717) is 35.6 Å². The summed E-state index contributed by atoms with van der Waals surface area (Å²) in [6.45, 7) is 3.00. The number of imidazole rings is 1. The van der Waals surface area contributed by atoms with Gasteiger partial charge in [-0.25, -0.2) is 9.37 Å². The van der Waals surface area contributed by atoms with Crippen LogP contribution in [-0.2, 0) is 0 Å². The summed E-state index contributed by atoms with van der Waals surface area (Å²) in [5.41, 5.74) is 1.94. The van der Waals surface area contributed by atoms with Crippen molar-refractivity contribution >= 4 is 11.6 Å². The van der Waals surface area contributed by atoms with Gasteiger partial charge in [0.05, 0.1) is 11.9 Å². The van der Waals surface area contributed by atoms with E-state index in [9.17, 15) is 9.18 Å². The standard InChI is InChI=1S/C18H18FN5O/c1-22-6-8-23(9-7-22)18(25)13-2-3-14(15(19)10-13)16-12-24-5-4-20-17(24)11-21-16/h2-5,10-12H,6-9H2,1H3. The lowest BCUT2D eigenvalue weighted by atomic mass is 10.1. The van der Waals surface area contributed by atoms with Crippen LogP contribution in [0.5, 0.6) is 0 Å². The van der Waals surface area contributed by atoms with Gasteiger partial charge in [0.1, 0.15) is 5.82 Å². The van der Waals surface area contributed by atoms with E-state index >= 15 is 0 Å². The highest BCUT2D eigenvalue weighted by Crippen LogP contribution is 2.23. The fraction of sp³-hybridized carbons (Fsp3) is 0.278. The SMILES string of the molecule is CN1CCN(C(=O)c2ccc(-c3cn4ccnc4cn3)c(F)c2)CC1. The highest BCUT2D eigenvalue weighted by molar-refractivity contribution is 5.94. The van der Waals surface area contributed by atoms with Crippen molar-refractivity contribution in [1.29, 1.82) is 0 Å². The molecule has 1 aromatic carbocycles. The zero-order valence-electron chi connectivity index (χ0n) is 13.9. The number of fused-ring (bicyclic) bond motifs is 1. The van der Waals surface area contributed by atoms with Gasteiger partial charge in [-0.15, -0.1) is 0 Å². The second-order valence-electron chi connectivity index (χ2n) is 6.26. The first-order valence-electron chi connectivity index (χ1n) is 8.18. The summed E-state index contributed by atoms with van der Waals surface area (Å²) in [6, 6.07) is 4.58. The quantitative estimate of drug-likeness (QED) is 0.716. The molecule has 0 unspecified atom stereocenters. The molecule has 0 aliphatic carbocycles. The van der Waals surface area contributed by atoms with Crippen molar-refractivity contribution < 1.29 is 9.18 Å². The number of hydrogen-bond acceptors (Lipinski definition) is 4. The van der Waals surface area contributed by atoms with Crippen molar-refractivity contribution in [3.8, 4) is 11.3 Å². The molecule has 0 spiro atoms. The maximum Gasteiger partial charge on any atom is 0.254 e. The van der Waals surface area contributed by atoms with E-state index in [-0.39, 0.29) is 5.91 Å². The molecule has 0 radical (unpaired) electrons. The predicted molar refractivity (Wildman–Crippen MR) is 91.8 cm³/mol. The molecule has 128 valence electrons. The smallest absolute Gasteiger partial charge is 0.254 e. The van der Waals surface area contributed by atoms with Gasteiger partial charge in [-0.05, 0) is 25.2 Å². The van der Waals surface area contributed by atoms with E-state index in [1.54, 1.807) is 46.2 Å². The monoisotopic (exact) mass is 339 g/mol. The van der Waals surface area contributed by atoms with Crippen molar-refractivity contribution in [2.75, 3.05) is 33.2 Å². The molecule has 0 bridgehead atoms. The highest BCUT2D eigenvalue weighted by atomic mass is 19.1. The minimum atomic E-state index is -0.452. The number of nitrogens with zero attached hydrogens (tertiary/aromatic N) is 5. The molecular formula is C18H18FN5O. The number of carbonyl (C=O) groups excluding carboxylic acids is 1. The third-order valence-corrected chi connectivity index (χ3v) is 4.56. The normalized spacial score (nSPS) is 15.7.